The number of hydrogen-bond acceptors (Lipinski definition) is 0. The minimum absolute atomic E-state index is 0.136. The summed E-state index contributed by atoms with van der Waals surface area (Å²) in [5, 5.41) is -0.480. The van der Waals surface area contributed by atoms with E-state index in [-0.39, 0.29) is 5.56 Å². The number of benzene rings is 2. The predicted molar refractivity (Wildman–Crippen MR) is 73.2 cm³/mol. The Balaban J connectivity index is 2.49. The molecule has 100 valence electrons. The summed E-state index contributed by atoms with van der Waals surface area (Å²) in [5.41, 5.74) is 0.375. The van der Waals surface area contributed by atoms with Gasteiger partial charge in [0.2, 0.25) is 0 Å². The van der Waals surface area contributed by atoms with Gasteiger partial charge in [0.25, 0.3) is 0 Å². The van der Waals surface area contributed by atoms with Crippen molar-refractivity contribution in [3.8, 4) is 0 Å². The molecule has 2 aromatic carbocycles. The van der Waals surface area contributed by atoms with Crippen molar-refractivity contribution in [2.24, 2.45) is 0 Å². The lowest BCUT2D eigenvalue weighted by atomic mass is 10.0. The molecule has 0 amide bonds. The highest BCUT2D eigenvalue weighted by Crippen LogP contribution is 2.36. The normalized spacial score (nSPS) is 12.5. The van der Waals surface area contributed by atoms with Gasteiger partial charge in [0.05, 0.1) is 5.38 Å². The summed E-state index contributed by atoms with van der Waals surface area (Å²) < 4.78 is 40.2. The molecule has 0 fully saturated rings. The molecule has 0 saturated heterocycles. The third-order valence-electron chi connectivity index (χ3n) is 2.55. The van der Waals surface area contributed by atoms with Crippen LogP contribution in [0.4, 0.5) is 13.2 Å². The molecular formula is C13H6BrCl2F3. The summed E-state index contributed by atoms with van der Waals surface area (Å²) in [6, 6.07) is 5.98. The Hall–Kier alpha value is -0.710. The molecule has 0 aliphatic carbocycles. The molecular weight excluding hydrogens is 364 g/mol. The van der Waals surface area contributed by atoms with E-state index in [0.717, 1.165) is 6.07 Å². The minimum atomic E-state index is -1.25. The van der Waals surface area contributed by atoms with Crippen LogP contribution in [-0.4, -0.2) is 0 Å². The van der Waals surface area contributed by atoms with Gasteiger partial charge in [0, 0.05) is 21.1 Å². The van der Waals surface area contributed by atoms with Crippen molar-refractivity contribution >= 4 is 39.1 Å². The van der Waals surface area contributed by atoms with Crippen LogP contribution in [-0.2, 0) is 0 Å². The molecule has 1 unspecified atom stereocenters. The van der Waals surface area contributed by atoms with E-state index in [0.29, 0.717) is 21.1 Å². The quantitative estimate of drug-likeness (QED) is 0.460. The Morgan fingerprint density at radius 3 is 2.16 bits per heavy atom. The van der Waals surface area contributed by atoms with Gasteiger partial charge in [0.1, 0.15) is 5.82 Å². The maximum atomic E-state index is 13.6. The largest absolute Gasteiger partial charge is 0.207 e. The second-order valence-corrected chi connectivity index (χ2v) is 5.54. The topological polar surface area (TPSA) is 0 Å². The zero-order chi connectivity index (χ0) is 14.2. The summed E-state index contributed by atoms with van der Waals surface area (Å²) in [7, 11) is 0. The maximum absolute atomic E-state index is 13.6. The summed E-state index contributed by atoms with van der Waals surface area (Å²) in [5.74, 6) is -3.30. The van der Waals surface area contributed by atoms with Gasteiger partial charge in [0.15, 0.2) is 11.6 Å². The molecule has 0 N–H and O–H groups in total. The summed E-state index contributed by atoms with van der Waals surface area (Å²) in [6.45, 7) is 0. The third kappa shape index (κ3) is 3.07. The number of halogens is 6. The molecule has 0 aliphatic rings. The molecule has 2 rings (SSSR count). The predicted octanol–water partition coefficient (Wildman–Crippen LogP) is 5.85. The van der Waals surface area contributed by atoms with E-state index in [1.165, 1.54) is 0 Å². The number of alkyl halides is 1. The highest BCUT2D eigenvalue weighted by atomic mass is 79.9. The van der Waals surface area contributed by atoms with Gasteiger partial charge < -0.3 is 0 Å². The molecule has 0 aromatic heterocycles. The van der Waals surface area contributed by atoms with Crippen LogP contribution in [0, 0.1) is 17.5 Å². The molecule has 6 heteroatoms. The summed E-state index contributed by atoms with van der Waals surface area (Å²) in [6.07, 6.45) is 0. The second-order valence-electron chi connectivity index (χ2n) is 3.82. The van der Waals surface area contributed by atoms with Crippen LogP contribution in [0.25, 0.3) is 0 Å². The molecule has 1 atom stereocenters. The molecule has 0 aliphatic heterocycles. The Bertz CT molecular complexity index is 632. The van der Waals surface area contributed by atoms with Gasteiger partial charge in [-0.3, -0.25) is 0 Å². The van der Waals surface area contributed by atoms with Crippen molar-refractivity contribution in [2.75, 3.05) is 0 Å². The van der Waals surface area contributed by atoms with Crippen LogP contribution in [0.2, 0.25) is 5.02 Å². The first kappa shape index (κ1) is 14.7. The van der Waals surface area contributed by atoms with Gasteiger partial charge in [-0.2, -0.15) is 0 Å². The van der Waals surface area contributed by atoms with Crippen molar-refractivity contribution in [3.63, 3.8) is 0 Å². The Morgan fingerprint density at radius 1 is 0.895 bits per heavy atom. The van der Waals surface area contributed by atoms with Crippen molar-refractivity contribution < 1.29 is 13.2 Å². The number of rotatable bonds is 2. The first-order valence-electron chi connectivity index (χ1n) is 5.13. The van der Waals surface area contributed by atoms with Gasteiger partial charge in [-0.15, -0.1) is 11.6 Å². The van der Waals surface area contributed by atoms with Crippen molar-refractivity contribution in [1.29, 1.82) is 0 Å². The molecule has 0 heterocycles. The van der Waals surface area contributed by atoms with E-state index in [4.69, 9.17) is 23.2 Å². The van der Waals surface area contributed by atoms with E-state index in [1.54, 1.807) is 18.2 Å². The monoisotopic (exact) mass is 368 g/mol. The van der Waals surface area contributed by atoms with E-state index < -0.39 is 22.8 Å². The van der Waals surface area contributed by atoms with Crippen LogP contribution in [0.5, 0.6) is 0 Å². The lowest BCUT2D eigenvalue weighted by Gasteiger charge is -2.14. The van der Waals surface area contributed by atoms with E-state index >= 15 is 0 Å². The van der Waals surface area contributed by atoms with Gasteiger partial charge in [-0.25, -0.2) is 13.2 Å². The van der Waals surface area contributed by atoms with E-state index in [1.807, 2.05) is 0 Å². The third-order valence-corrected chi connectivity index (χ3v) is 3.94. The van der Waals surface area contributed by atoms with Gasteiger partial charge >= 0.3 is 0 Å². The van der Waals surface area contributed by atoms with Crippen LogP contribution < -0.4 is 0 Å². The zero-order valence-electron chi connectivity index (χ0n) is 9.23. The van der Waals surface area contributed by atoms with Crippen molar-refractivity contribution in [3.05, 3.63) is 68.4 Å². The van der Waals surface area contributed by atoms with Crippen LogP contribution in [0.15, 0.2) is 34.8 Å². The molecule has 19 heavy (non-hydrogen) atoms. The molecule has 0 spiro atoms. The first-order valence-corrected chi connectivity index (χ1v) is 6.74. The Kier molecular flexibility index (Phi) is 4.43. The summed E-state index contributed by atoms with van der Waals surface area (Å²) >= 11 is 15.1. The smallest absolute Gasteiger partial charge is 0.161 e. The van der Waals surface area contributed by atoms with Crippen LogP contribution in [0.3, 0.4) is 0 Å². The lowest BCUT2D eigenvalue weighted by molar-refractivity contribution is 0.490. The van der Waals surface area contributed by atoms with Crippen LogP contribution in [0.1, 0.15) is 16.5 Å². The van der Waals surface area contributed by atoms with Crippen LogP contribution >= 0.6 is 39.1 Å². The lowest BCUT2D eigenvalue weighted by Crippen LogP contribution is -2.01. The molecule has 0 radical (unpaired) electrons. The van der Waals surface area contributed by atoms with Gasteiger partial charge in [-0.05, 0) is 23.8 Å². The minimum Gasteiger partial charge on any atom is -0.207 e. The average Bonchev–Trinajstić information content (AvgIpc) is 2.33. The standard InChI is InChI=1S/C13H6BrCl2F3/c14-9-3-6(15)1-2-7(9)13(16)8-4-11(18)12(19)5-10(8)17/h1-5,13H. The first-order chi connectivity index (χ1) is 8.90. The highest BCUT2D eigenvalue weighted by molar-refractivity contribution is 9.10. The Morgan fingerprint density at radius 2 is 1.53 bits per heavy atom. The Labute approximate surface area is 126 Å². The molecule has 0 bridgehead atoms. The van der Waals surface area contributed by atoms with E-state index in [9.17, 15) is 13.2 Å². The average molecular weight is 370 g/mol. The van der Waals surface area contributed by atoms with Crippen molar-refractivity contribution in [2.45, 2.75) is 5.38 Å². The second kappa shape index (κ2) is 5.73. The number of hydrogen-bond donors (Lipinski definition) is 0. The zero-order valence-corrected chi connectivity index (χ0v) is 12.3. The highest BCUT2D eigenvalue weighted by Gasteiger charge is 2.20. The maximum Gasteiger partial charge on any atom is 0.161 e. The molecule has 2 aromatic rings. The molecule has 0 saturated carbocycles. The molecule has 0 nitrogen and oxygen atoms in total. The SMILES string of the molecule is Fc1cc(F)c(C(Cl)c2ccc(Cl)cc2Br)cc1F. The van der Waals surface area contributed by atoms with E-state index in [2.05, 4.69) is 15.9 Å². The fourth-order valence-corrected chi connectivity index (χ4v) is 3.01. The fourth-order valence-electron chi connectivity index (χ4n) is 1.61. The van der Waals surface area contributed by atoms with Gasteiger partial charge in [-0.1, -0.05) is 33.6 Å². The fraction of sp³-hybridized carbons (Fsp3) is 0.0769. The van der Waals surface area contributed by atoms with Crippen molar-refractivity contribution in [1.82, 2.24) is 0 Å². The summed E-state index contributed by atoms with van der Waals surface area (Å²) in [4.78, 5) is 0.